The Morgan fingerprint density at radius 2 is 1.67 bits per heavy atom. The van der Waals surface area contributed by atoms with Gasteiger partial charge in [0.1, 0.15) is 16.4 Å². The van der Waals surface area contributed by atoms with E-state index in [0.717, 1.165) is 43.4 Å². The Kier molecular flexibility index (Phi) is 11.6. The molecular weight excluding hydrogens is 596 g/mol. The second-order valence-electron chi connectivity index (χ2n) is 10.5. The van der Waals surface area contributed by atoms with Crippen molar-refractivity contribution in [2.45, 2.75) is 65.8 Å². The van der Waals surface area contributed by atoms with E-state index >= 15 is 0 Å². The van der Waals surface area contributed by atoms with Gasteiger partial charge in [-0.05, 0) is 68.7 Å². The lowest BCUT2D eigenvalue weighted by molar-refractivity contribution is -0.132. The fourth-order valence-electron chi connectivity index (χ4n) is 4.92. The number of amides is 1. The number of nitrogens with zero attached hydrogens (tertiary/aromatic N) is 2. The zero-order valence-electron chi connectivity index (χ0n) is 26.4. The summed E-state index contributed by atoms with van der Waals surface area (Å²) < 4.78 is 22.5. The number of Topliss-reactive ketones (excluding diaryl/α,β-unsaturated/α-hetero) is 1. The van der Waals surface area contributed by atoms with Gasteiger partial charge in [-0.2, -0.15) is 0 Å². The molecule has 0 radical (unpaired) electrons. The summed E-state index contributed by atoms with van der Waals surface area (Å²) in [6.45, 7) is 8.76. The zero-order valence-corrected chi connectivity index (χ0v) is 27.2. The zero-order chi connectivity index (χ0) is 32.5. The predicted octanol–water partition coefficient (Wildman–Crippen LogP) is 7.01. The Balaban J connectivity index is 1.82. The molecule has 45 heavy (non-hydrogen) atoms. The third-order valence-corrected chi connectivity index (χ3v) is 8.44. The number of aromatic nitrogens is 1. The standard InChI is InChI=1S/C34H40N2O8S/c1-6-9-11-19-44-25-17-14-23(20-26(25)41-5)28-27(29(37)22-12-15-24(16-13-22)43-18-10-7-2)30(38)32(39)36(28)34-35-21(4)31(45-34)33(40)42-8-3/h12-17,20,28,37H,6-11,18-19H2,1-5H3/t28-/m1/s1. The molecule has 4 rings (SSSR count). The minimum Gasteiger partial charge on any atom is -0.507 e. The molecule has 1 fully saturated rings. The van der Waals surface area contributed by atoms with Crippen molar-refractivity contribution in [3.8, 4) is 17.2 Å². The summed E-state index contributed by atoms with van der Waals surface area (Å²) in [7, 11) is 1.51. The summed E-state index contributed by atoms with van der Waals surface area (Å²) in [6.07, 6.45) is 4.87. The van der Waals surface area contributed by atoms with Crippen LogP contribution < -0.4 is 19.1 Å². The van der Waals surface area contributed by atoms with Gasteiger partial charge in [0.2, 0.25) is 0 Å². The Bertz CT molecular complexity index is 1550. The molecule has 1 N–H and O–H groups in total. The number of ketones is 1. The van der Waals surface area contributed by atoms with Crippen LogP contribution in [0.1, 0.15) is 85.4 Å². The molecule has 1 amide bonds. The average Bonchev–Trinajstić information content (AvgIpc) is 3.55. The number of hydrogen-bond acceptors (Lipinski definition) is 10. The fourth-order valence-corrected chi connectivity index (χ4v) is 5.91. The van der Waals surface area contributed by atoms with Crippen LogP contribution in [0.4, 0.5) is 5.13 Å². The summed E-state index contributed by atoms with van der Waals surface area (Å²) >= 11 is 0.949. The molecule has 11 heteroatoms. The first kappa shape index (κ1) is 33.5. The molecule has 0 saturated carbocycles. The lowest BCUT2D eigenvalue weighted by Crippen LogP contribution is -2.29. The smallest absolute Gasteiger partial charge is 0.350 e. The Morgan fingerprint density at radius 3 is 2.33 bits per heavy atom. The lowest BCUT2D eigenvalue weighted by Gasteiger charge is -2.24. The van der Waals surface area contributed by atoms with Crippen LogP contribution >= 0.6 is 11.3 Å². The quantitative estimate of drug-likeness (QED) is 0.0617. The fraction of sp³-hybridized carbons (Fsp3) is 0.412. The van der Waals surface area contributed by atoms with E-state index in [9.17, 15) is 19.5 Å². The maximum absolute atomic E-state index is 13.7. The van der Waals surface area contributed by atoms with Crippen molar-refractivity contribution < 1.29 is 38.4 Å². The number of aliphatic hydroxyl groups is 1. The van der Waals surface area contributed by atoms with Crippen molar-refractivity contribution in [1.82, 2.24) is 4.98 Å². The molecule has 0 aliphatic carbocycles. The number of unbranched alkanes of at least 4 members (excludes halogenated alkanes) is 3. The number of rotatable bonds is 15. The molecule has 1 saturated heterocycles. The summed E-state index contributed by atoms with van der Waals surface area (Å²) in [5.41, 5.74) is 1.06. The van der Waals surface area contributed by atoms with E-state index in [1.165, 1.54) is 12.0 Å². The van der Waals surface area contributed by atoms with Crippen molar-refractivity contribution in [3.05, 3.63) is 69.7 Å². The van der Waals surface area contributed by atoms with Gasteiger partial charge in [-0.3, -0.25) is 14.5 Å². The molecule has 2 heterocycles. The number of carbonyl (C=O) groups is 3. The second-order valence-corrected chi connectivity index (χ2v) is 11.5. The molecule has 0 spiro atoms. The summed E-state index contributed by atoms with van der Waals surface area (Å²) in [4.78, 5) is 45.9. The highest BCUT2D eigenvalue weighted by molar-refractivity contribution is 7.17. The topological polar surface area (TPSA) is 124 Å². The largest absolute Gasteiger partial charge is 0.507 e. The molecule has 2 aromatic carbocycles. The second kappa shape index (κ2) is 15.6. The average molecular weight is 637 g/mol. The highest BCUT2D eigenvalue weighted by Crippen LogP contribution is 2.45. The number of ether oxygens (including phenoxy) is 4. The maximum atomic E-state index is 13.7. The molecule has 240 valence electrons. The predicted molar refractivity (Wildman–Crippen MR) is 172 cm³/mol. The van der Waals surface area contributed by atoms with Crippen LogP contribution in [-0.4, -0.2) is 54.7 Å². The van der Waals surface area contributed by atoms with Crippen LogP contribution in [-0.2, 0) is 14.3 Å². The Morgan fingerprint density at radius 1 is 0.956 bits per heavy atom. The number of aliphatic hydroxyl groups excluding tert-OH is 1. The highest BCUT2D eigenvalue weighted by atomic mass is 32.1. The van der Waals surface area contributed by atoms with Crippen LogP contribution in [0.2, 0.25) is 0 Å². The van der Waals surface area contributed by atoms with Gasteiger partial charge >= 0.3 is 11.9 Å². The normalized spacial score (nSPS) is 15.8. The molecule has 1 aromatic heterocycles. The van der Waals surface area contributed by atoms with E-state index in [2.05, 4.69) is 18.8 Å². The van der Waals surface area contributed by atoms with Crippen LogP contribution in [0, 0.1) is 6.92 Å². The maximum Gasteiger partial charge on any atom is 0.350 e. The van der Waals surface area contributed by atoms with Gasteiger partial charge in [-0.1, -0.05) is 50.5 Å². The Hall–Kier alpha value is -4.38. The third kappa shape index (κ3) is 7.47. The van der Waals surface area contributed by atoms with E-state index in [1.54, 1.807) is 56.3 Å². The number of benzene rings is 2. The number of methoxy groups -OCH3 is 1. The van der Waals surface area contributed by atoms with Crippen LogP contribution in [0.5, 0.6) is 17.2 Å². The van der Waals surface area contributed by atoms with Gasteiger partial charge < -0.3 is 24.1 Å². The number of aryl methyl sites for hydroxylation is 1. The van der Waals surface area contributed by atoms with Gasteiger partial charge in [0.15, 0.2) is 16.6 Å². The van der Waals surface area contributed by atoms with Crippen LogP contribution in [0.15, 0.2) is 48.0 Å². The number of thiazole rings is 1. The van der Waals surface area contributed by atoms with Gasteiger partial charge in [0.05, 0.1) is 44.2 Å². The first-order valence-corrected chi connectivity index (χ1v) is 16.1. The van der Waals surface area contributed by atoms with Crippen LogP contribution in [0.3, 0.4) is 0 Å². The Labute approximate surface area is 267 Å². The number of carbonyl (C=O) groups excluding carboxylic acids is 3. The van der Waals surface area contributed by atoms with Crippen molar-refractivity contribution >= 4 is 39.9 Å². The van der Waals surface area contributed by atoms with Crippen molar-refractivity contribution in [1.29, 1.82) is 0 Å². The van der Waals surface area contributed by atoms with E-state index < -0.39 is 23.7 Å². The van der Waals surface area contributed by atoms with E-state index in [1.807, 2.05) is 0 Å². The minimum atomic E-state index is -1.07. The van der Waals surface area contributed by atoms with Crippen molar-refractivity contribution in [2.75, 3.05) is 31.8 Å². The van der Waals surface area contributed by atoms with Gasteiger partial charge in [0, 0.05) is 5.56 Å². The van der Waals surface area contributed by atoms with Gasteiger partial charge in [-0.25, -0.2) is 9.78 Å². The molecule has 0 bridgehead atoms. The monoisotopic (exact) mass is 636 g/mol. The van der Waals surface area contributed by atoms with Gasteiger partial charge in [-0.15, -0.1) is 0 Å². The van der Waals surface area contributed by atoms with E-state index in [4.69, 9.17) is 18.9 Å². The highest BCUT2D eigenvalue weighted by Gasteiger charge is 2.48. The first-order valence-electron chi connectivity index (χ1n) is 15.2. The third-order valence-electron chi connectivity index (χ3n) is 7.30. The molecule has 3 aromatic rings. The summed E-state index contributed by atoms with van der Waals surface area (Å²) in [5, 5.41) is 11.7. The number of hydrogen-bond donors (Lipinski definition) is 1. The first-order chi connectivity index (χ1) is 21.7. The SMILES string of the molecule is CCCCCOc1ccc([C@@H]2C(=C(O)c3ccc(OCCCC)cc3)C(=O)C(=O)N2c2nc(C)c(C(=O)OCC)s2)cc1OC. The summed E-state index contributed by atoms with van der Waals surface area (Å²) in [5.74, 6) is -1.14. The molecule has 1 aliphatic heterocycles. The van der Waals surface area contributed by atoms with E-state index in [0.29, 0.717) is 47.3 Å². The molecule has 0 unspecified atom stereocenters. The number of esters is 1. The lowest BCUT2D eigenvalue weighted by atomic mass is 9.95. The summed E-state index contributed by atoms with van der Waals surface area (Å²) in [6, 6.07) is 10.8. The van der Waals surface area contributed by atoms with Crippen molar-refractivity contribution in [2.24, 2.45) is 0 Å². The van der Waals surface area contributed by atoms with E-state index in [-0.39, 0.29) is 27.9 Å². The molecule has 1 atom stereocenters. The van der Waals surface area contributed by atoms with Gasteiger partial charge in [0.25, 0.3) is 5.78 Å². The van der Waals surface area contributed by atoms with Crippen LogP contribution in [0.25, 0.3) is 5.76 Å². The molecule has 10 nitrogen and oxygen atoms in total. The number of anilines is 1. The molecule has 1 aliphatic rings. The molecular formula is C34H40N2O8S. The minimum absolute atomic E-state index is 0.121. The van der Waals surface area contributed by atoms with Crippen molar-refractivity contribution in [3.63, 3.8) is 0 Å².